The molecule has 3 fully saturated rings. The number of fused-ring (bicyclic) bond motifs is 5. The Morgan fingerprint density at radius 3 is 2.52 bits per heavy atom. The van der Waals surface area contributed by atoms with Crippen molar-refractivity contribution in [3.05, 3.63) is 23.8 Å². The molecule has 9 nitrogen and oxygen atoms in total. The van der Waals surface area contributed by atoms with Gasteiger partial charge in [0.05, 0.1) is 6.10 Å². The van der Waals surface area contributed by atoms with Gasteiger partial charge in [0.2, 0.25) is 5.78 Å². The minimum atomic E-state index is -2.06. The molecule has 1 amide bonds. The number of alkyl halides is 1. The van der Waals surface area contributed by atoms with Crippen LogP contribution >= 0.6 is 0 Å². The van der Waals surface area contributed by atoms with Gasteiger partial charge in [0.25, 0.3) is 0 Å². The molecule has 4 aliphatic rings. The van der Waals surface area contributed by atoms with Crippen LogP contribution in [0.1, 0.15) is 86.5 Å². The van der Waals surface area contributed by atoms with Crippen molar-refractivity contribution in [3.63, 3.8) is 0 Å². The van der Waals surface area contributed by atoms with E-state index in [9.17, 15) is 29.4 Å². The highest BCUT2D eigenvalue weighted by Gasteiger charge is 2.75. The standard InChI is InChI=1S/C32H46FNO8/c1-19-15-23-22-11-10-20-16-21(35)12-13-29(20,5)31(22,33)24(36)17-30(23,6)32(19,40)25(37)18-41-26(38)9-7-8-14-34-27(39)42-28(2,3)4/h12-13,16,19,22-24,36,40H,7-11,14-15,17-18H2,1-6H3,(H,34,39)/t19-,22+,23+,24+,29+,30+,31+,32+/m1/s1. The number of unbranched alkanes of at least 4 members (excludes halogenated alkanes) is 1. The molecule has 3 saturated carbocycles. The third kappa shape index (κ3) is 5.23. The van der Waals surface area contributed by atoms with Crippen molar-refractivity contribution in [1.82, 2.24) is 5.32 Å². The first kappa shape index (κ1) is 32.3. The van der Waals surface area contributed by atoms with Crippen molar-refractivity contribution in [1.29, 1.82) is 0 Å². The topological polar surface area (TPSA) is 139 Å². The maximum absolute atomic E-state index is 17.3. The number of amides is 1. The summed E-state index contributed by atoms with van der Waals surface area (Å²) >= 11 is 0. The van der Waals surface area contributed by atoms with Gasteiger partial charge in [-0.15, -0.1) is 0 Å². The van der Waals surface area contributed by atoms with Crippen LogP contribution in [0, 0.1) is 28.6 Å². The van der Waals surface area contributed by atoms with Gasteiger partial charge in [0.15, 0.2) is 18.1 Å². The molecule has 0 aromatic rings. The van der Waals surface area contributed by atoms with Crippen LogP contribution in [0.25, 0.3) is 0 Å². The summed E-state index contributed by atoms with van der Waals surface area (Å²) in [7, 11) is 0. The summed E-state index contributed by atoms with van der Waals surface area (Å²) in [5, 5.41) is 26.1. The predicted octanol–water partition coefficient (Wildman–Crippen LogP) is 4.14. The van der Waals surface area contributed by atoms with Crippen molar-refractivity contribution in [2.24, 2.45) is 28.6 Å². The van der Waals surface area contributed by atoms with Crippen LogP contribution in [-0.4, -0.2) is 70.0 Å². The Hall–Kier alpha value is -2.59. The molecular formula is C32H46FNO8. The van der Waals surface area contributed by atoms with Crippen LogP contribution in [0.2, 0.25) is 0 Å². The number of ketones is 2. The van der Waals surface area contributed by atoms with E-state index in [0.717, 1.165) is 0 Å². The zero-order valence-corrected chi connectivity index (χ0v) is 25.6. The van der Waals surface area contributed by atoms with E-state index in [2.05, 4.69) is 5.32 Å². The molecule has 0 aromatic carbocycles. The van der Waals surface area contributed by atoms with Gasteiger partial charge in [-0.2, -0.15) is 0 Å². The molecule has 4 aliphatic carbocycles. The molecule has 0 saturated heterocycles. The second kappa shape index (κ2) is 11.2. The lowest BCUT2D eigenvalue weighted by molar-refractivity contribution is -0.220. The van der Waals surface area contributed by atoms with Gasteiger partial charge in [-0.25, -0.2) is 9.18 Å². The lowest BCUT2D eigenvalue weighted by Gasteiger charge is -2.62. The van der Waals surface area contributed by atoms with Crippen LogP contribution in [0.5, 0.6) is 0 Å². The Bertz CT molecular complexity index is 1190. The molecule has 0 unspecified atom stereocenters. The molecule has 42 heavy (non-hydrogen) atoms. The number of aliphatic hydroxyl groups is 2. The lowest BCUT2D eigenvalue weighted by Crippen LogP contribution is -2.69. The van der Waals surface area contributed by atoms with E-state index in [0.29, 0.717) is 44.2 Å². The number of carbonyl (C=O) groups is 4. The molecule has 0 spiro atoms. The summed E-state index contributed by atoms with van der Waals surface area (Å²) in [6.07, 6.45) is 4.49. The number of esters is 1. The number of ether oxygens (including phenoxy) is 2. The minimum Gasteiger partial charge on any atom is -0.458 e. The SMILES string of the molecule is C[C@@H]1C[C@H]2[C@@H]3CCC4=CC(=O)C=C[C@]4(C)[C@@]3(F)[C@@H](O)C[C@]2(C)[C@@]1(O)C(=O)COC(=O)CCCCNC(=O)OC(C)(C)C. The molecule has 4 rings (SSSR count). The van der Waals surface area contributed by atoms with Crippen molar-refractivity contribution < 1.29 is 43.3 Å². The molecule has 0 aliphatic heterocycles. The number of allylic oxidation sites excluding steroid dienone is 4. The minimum absolute atomic E-state index is 0.0345. The number of aliphatic hydroxyl groups excluding tert-OH is 1. The van der Waals surface area contributed by atoms with Crippen LogP contribution in [0.3, 0.4) is 0 Å². The Balaban J connectivity index is 1.38. The van der Waals surface area contributed by atoms with Crippen LogP contribution < -0.4 is 5.32 Å². The number of halogens is 1. The molecule has 8 atom stereocenters. The summed E-state index contributed by atoms with van der Waals surface area (Å²) in [5.41, 5.74) is -6.19. The van der Waals surface area contributed by atoms with Crippen LogP contribution in [0.4, 0.5) is 9.18 Å². The van der Waals surface area contributed by atoms with E-state index >= 15 is 4.39 Å². The zero-order chi connectivity index (χ0) is 31.3. The third-order valence-corrected chi connectivity index (χ3v) is 10.5. The molecule has 0 heterocycles. The smallest absolute Gasteiger partial charge is 0.407 e. The monoisotopic (exact) mass is 591 g/mol. The highest BCUT2D eigenvalue weighted by molar-refractivity contribution is 6.01. The fourth-order valence-electron chi connectivity index (χ4n) is 8.37. The van der Waals surface area contributed by atoms with Gasteiger partial charge in [0.1, 0.15) is 11.2 Å². The van der Waals surface area contributed by atoms with Crippen molar-refractivity contribution in [2.75, 3.05) is 13.2 Å². The fourth-order valence-corrected chi connectivity index (χ4v) is 8.37. The van der Waals surface area contributed by atoms with Gasteiger partial charge >= 0.3 is 12.1 Å². The predicted molar refractivity (Wildman–Crippen MR) is 152 cm³/mol. The molecule has 3 N–H and O–H groups in total. The van der Waals surface area contributed by atoms with Crippen LogP contribution in [-0.2, 0) is 23.9 Å². The van der Waals surface area contributed by atoms with Crippen molar-refractivity contribution in [3.8, 4) is 0 Å². The Morgan fingerprint density at radius 1 is 1.17 bits per heavy atom. The van der Waals surface area contributed by atoms with Crippen molar-refractivity contribution >= 4 is 23.6 Å². The van der Waals surface area contributed by atoms with E-state index < -0.39 is 76.0 Å². The molecular weight excluding hydrogens is 545 g/mol. The average molecular weight is 592 g/mol. The summed E-state index contributed by atoms with van der Waals surface area (Å²) < 4.78 is 27.7. The molecule has 10 heteroatoms. The number of hydrogen-bond donors (Lipinski definition) is 3. The largest absolute Gasteiger partial charge is 0.458 e. The molecule has 234 valence electrons. The molecule has 0 aromatic heterocycles. The van der Waals surface area contributed by atoms with Gasteiger partial charge in [0, 0.05) is 29.7 Å². The number of nitrogens with one attached hydrogen (secondary N) is 1. The third-order valence-electron chi connectivity index (χ3n) is 10.5. The number of carbonyl (C=O) groups excluding carboxylic acids is 4. The number of alkyl carbamates (subject to hydrolysis) is 1. The Kier molecular flexibility index (Phi) is 8.59. The van der Waals surface area contributed by atoms with Gasteiger partial charge in [-0.3, -0.25) is 14.4 Å². The van der Waals surface area contributed by atoms with Crippen molar-refractivity contribution in [2.45, 2.75) is 109 Å². The summed E-state index contributed by atoms with van der Waals surface area (Å²) in [4.78, 5) is 49.7. The normalized spacial score (nSPS) is 39.0. The number of hydrogen-bond acceptors (Lipinski definition) is 8. The second-order valence-corrected chi connectivity index (χ2v) is 14.1. The van der Waals surface area contributed by atoms with E-state index in [4.69, 9.17) is 9.47 Å². The summed E-state index contributed by atoms with van der Waals surface area (Å²) in [6, 6.07) is 0. The second-order valence-electron chi connectivity index (χ2n) is 14.1. The van der Waals surface area contributed by atoms with E-state index in [1.165, 1.54) is 12.2 Å². The lowest BCUT2D eigenvalue weighted by atomic mass is 9.44. The highest BCUT2D eigenvalue weighted by atomic mass is 19.1. The average Bonchev–Trinajstić information content (AvgIpc) is 3.08. The van der Waals surface area contributed by atoms with Crippen LogP contribution in [0.15, 0.2) is 23.8 Å². The van der Waals surface area contributed by atoms with E-state index in [1.54, 1.807) is 47.6 Å². The maximum Gasteiger partial charge on any atom is 0.407 e. The summed E-state index contributed by atoms with van der Waals surface area (Å²) in [5.74, 6) is -3.01. The summed E-state index contributed by atoms with van der Waals surface area (Å²) in [6.45, 7) is 10.2. The first-order chi connectivity index (χ1) is 19.4. The fraction of sp³-hybridized carbons (Fsp3) is 0.750. The number of Topliss-reactive ketones (excluding diaryl/α,β-unsaturated/α-hetero) is 1. The first-order valence-electron chi connectivity index (χ1n) is 15.1. The Morgan fingerprint density at radius 2 is 1.86 bits per heavy atom. The quantitative estimate of drug-likeness (QED) is 0.283. The maximum atomic E-state index is 17.3. The molecule has 0 bridgehead atoms. The van der Waals surface area contributed by atoms with Gasteiger partial charge in [-0.1, -0.05) is 25.5 Å². The molecule has 0 radical (unpaired) electrons. The first-order valence-corrected chi connectivity index (χ1v) is 15.1. The Labute approximate surface area is 247 Å². The van der Waals surface area contributed by atoms with Gasteiger partial charge in [-0.05, 0) is 90.2 Å². The highest BCUT2D eigenvalue weighted by Crippen LogP contribution is 2.70. The van der Waals surface area contributed by atoms with E-state index in [1.807, 2.05) is 0 Å². The van der Waals surface area contributed by atoms with E-state index in [-0.39, 0.29) is 18.6 Å². The number of rotatable bonds is 8. The van der Waals surface area contributed by atoms with Gasteiger partial charge < -0.3 is 25.0 Å². The zero-order valence-electron chi connectivity index (χ0n) is 25.6.